The van der Waals surface area contributed by atoms with E-state index >= 15 is 0 Å². The van der Waals surface area contributed by atoms with Crippen LogP contribution in [0.25, 0.3) is 0 Å². The number of amides is 1. The van der Waals surface area contributed by atoms with E-state index in [1.54, 1.807) is 35.7 Å². The van der Waals surface area contributed by atoms with Gasteiger partial charge >= 0.3 is 0 Å². The molecule has 1 N–H and O–H groups in total. The Balaban J connectivity index is 1.73. The zero-order valence-corrected chi connectivity index (χ0v) is 14.0. The lowest BCUT2D eigenvalue weighted by atomic mass is 10.1. The molecular weight excluding hydrogens is 326 g/mol. The minimum absolute atomic E-state index is 0.0475. The molecule has 3 rings (SSSR count). The number of nitrogens with one attached hydrogen (secondary N) is 1. The summed E-state index contributed by atoms with van der Waals surface area (Å²) in [6, 6.07) is 12.7. The van der Waals surface area contributed by atoms with E-state index in [-0.39, 0.29) is 18.1 Å². The predicted molar refractivity (Wildman–Crippen MR) is 95.8 cm³/mol. The molecule has 7 heteroatoms. The fourth-order valence-electron chi connectivity index (χ4n) is 2.71. The molecule has 2 aromatic rings. The summed E-state index contributed by atoms with van der Waals surface area (Å²) in [4.78, 5) is 26.0. The van der Waals surface area contributed by atoms with E-state index in [1.807, 2.05) is 24.3 Å². The Morgan fingerprint density at radius 2 is 2.08 bits per heavy atom. The number of carbonyl (C=O) groups is 1. The summed E-state index contributed by atoms with van der Waals surface area (Å²) in [6.07, 6.45) is 0. The molecule has 1 aliphatic rings. The fraction of sp³-hybridized carbons (Fsp3) is 0.235. The number of nitro benzene ring substituents is 1. The van der Waals surface area contributed by atoms with Crippen molar-refractivity contribution in [3.05, 3.63) is 58.1 Å². The van der Waals surface area contributed by atoms with Gasteiger partial charge in [0.25, 0.3) is 5.69 Å². The van der Waals surface area contributed by atoms with Gasteiger partial charge in [-0.1, -0.05) is 18.2 Å². The van der Waals surface area contributed by atoms with Crippen LogP contribution in [-0.2, 0) is 4.79 Å². The van der Waals surface area contributed by atoms with Crippen molar-refractivity contribution in [2.45, 2.75) is 11.8 Å². The Morgan fingerprint density at radius 3 is 2.88 bits per heavy atom. The highest BCUT2D eigenvalue weighted by Crippen LogP contribution is 2.34. The number of carbonyl (C=O) groups excluding carboxylic acids is 1. The molecule has 0 radical (unpaired) electrons. The molecule has 0 aromatic heterocycles. The monoisotopic (exact) mass is 343 g/mol. The minimum atomic E-state index is -0.416. The standard InChI is InChI=1S/C17H17N3O3S/c1-12-13(5-4-7-14(12)20(22)23)18-11-17(21)19-9-10-24-16-8-3-2-6-15(16)19/h2-8,18H,9-11H2,1H3. The average molecular weight is 343 g/mol. The van der Waals surface area contributed by atoms with E-state index in [0.717, 1.165) is 16.3 Å². The van der Waals surface area contributed by atoms with Gasteiger partial charge in [-0.2, -0.15) is 0 Å². The third-order valence-electron chi connectivity index (χ3n) is 3.96. The minimum Gasteiger partial charge on any atom is -0.376 e. The van der Waals surface area contributed by atoms with Gasteiger partial charge in [0.15, 0.2) is 0 Å². The van der Waals surface area contributed by atoms with Gasteiger partial charge in [0.1, 0.15) is 0 Å². The summed E-state index contributed by atoms with van der Waals surface area (Å²) in [5.74, 6) is 0.812. The van der Waals surface area contributed by atoms with Gasteiger partial charge in [-0.25, -0.2) is 0 Å². The maximum atomic E-state index is 12.6. The van der Waals surface area contributed by atoms with E-state index in [2.05, 4.69) is 5.32 Å². The quantitative estimate of drug-likeness (QED) is 0.680. The molecule has 0 bridgehead atoms. The number of thioether (sulfide) groups is 1. The van der Waals surface area contributed by atoms with Crippen molar-refractivity contribution in [2.24, 2.45) is 0 Å². The van der Waals surface area contributed by atoms with Crippen molar-refractivity contribution in [1.82, 2.24) is 0 Å². The maximum Gasteiger partial charge on any atom is 0.274 e. The molecule has 24 heavy (non-hydrogen) atoms. The molecule has 124 valence electrons. The number of benzene rings is 2. The van der Waals surface area contributed by atoms with E-state index in [1.165, 1.54) is 6.07 Å². The lowest BCUT2D eigenvalue weighted by Gasteiger charge is -2.29. The summed E-state index contributed by atoms with van der Waals surface area (Å²) >= 11 is 1.74. The molecule has 2 aromatic carbocycles. The first-order valence-electron chi connectivity index (χ1n) is 7.58. The number of nitro groups is 1. The first-order valence-corrected chi connectivity index (χ1v) is 8.56. The van der Waals surface area contributed by atoms with Gasteiger partial charge in [0.2, 0.25) is 5.91 Å². The maximum absolute atomic E-state index is 12.6. The van der Waals surface area contributed by atoms with Crippen LogP contribution in [0.3, 0.4) is 0 Å². The van der Waals surface area contributed by atoms with Crippen molar-refractivity contribution in [1.29, 1.82) is 0 Å². The first kappa shape index (κ1) is 16.3. The molecule has 0 unspecified atom stereocenters. The third kappa shape index (κ3) is 3.21. The van der Waals surface area contributed by atoms with Crippen LogP contribution in [0.5, 0.6) is 0 Å². The third-order valence-corrected chi connectivity index (χ3v) is 5.00. The van der Waals surface area contributed by atoms with Gasteiger partial charge < -0.3 is 10.2 Å². The number of fused-ring (bicyclic) bond motifs is 1. The lowest BCUT2D eigenvalue weighted by Crippen LogP contribution is -2.39. The van der Waals surface area contributed by atoms with E-state index in [9.17, 15) is 14.9 Å². The second-order valence-corrected chi connectivity index (χ2v) is 6.56. The van der Waals surface area contributed by atoms with Gasteiger partial charge in [0.05, 0.1) is 17.2 Å². The van der Waals surface area contributed by atoms with Crippen LogP contribution in [0.2, 0.25) is 0 Å². The van der Waals surface area contributed by atoms with Crippen molar-refractivity contribution >= 4 is 34.7 Å². The SMILES string of the molecule is Cc1c(NCC(=O)N2CCSc3ccccc32)cccc1[N+](=O)[O-]. The van der Waals surface area contributed by atoms with E-state index in [0.29, 0.717) is 17.8 Å². The molecule has 0 saturated heterocycles. The van der Waals surface area contributed by atoms with Crippen LogP contribution in [-0.4, -0.2) is 29.7 Å². The van der Waals surface area contributed by atoms with E-state index in [4.69, 9.17) is 0 Å². The molecule has 1 aliphatic heterocycles. The summed E-state index contributed by atoms with van der Waals surface area (Å²) in [6.45, 7) is 2.44. The normalized spacial score (nSPS) is 13.3. The molecule has 1 amide bonds. The number of hydrogen-bond acceptors (Lipinski definition) is 5. The molecule has 0 spiro atoms. The molecule has 0 fully saturated rings. The predicted octanol–water partition coefficient (Wildman–Crippen LogP) is 3.45. The smallest absolute Gasteiger partial charge is 0.274 e. The molecular formula is C17H17N3O3S. The Morgan fingerprint density at radius 1 is 1.29 bits per heavy atom. The van der Waals surface area contributed by atoms with Gasteiger partial charge in [-0.05, 0) is 25.1 Å². The van der Waals surface area contributed by atoms with E-state index < -0.39 is 4.92 Å². The topological polar surface area (TPSA) is 75.5 Å². The number of anilines is 2. The highest BCUT2D eigenvalue weighted by molar-refractivity contribution is 7.99. The van der Waals surface area contributed by atoms with Crippen LogP contribution >= 0.6 is 11.8 Å². The van der Waals surface area contributed by atoms with Crippen molar-refractivity contribution < 1.29 is 9.72 Å². The van der Waals surface area contributed by atoms with Gasteiger partial charge in [-0.15, -0.1) is 11.8 Å². The van der Waals surface area contributed by atoms with Crippen LogP contribution in [0.4, 0.5) is 17.1 Å². The number of rotatable bonds is 4. The zero-order chi connectivity index (χ0) is 17.1. The van der Waals surface area contributed by atoms with Crippen LogP contribution in [0, 0.1) is 17.0 Å². The highest BCUT2D eigenvalue weighted by atomic mass is 32.2. The molecule has 6 nitrogen and oxygen atoms in total. The average Bonchev–Trinajstić information content (AvgIpc) is 2.59. The fourth-order valence-corrected chi connectivity index (χ4v) is 3.70. The second-order valence-electron chi connectivity index (χ2n) is 5.42. The molecule has 0 aliphatic carbocycles. The molecule has 0 saturated carbocycles. The molecule has 0 atom stereocenters. The second kappa shape index (κ2) is 6.92. The number of hydrogen-bond donors (Lipinski definition) is 1. The van der Waals surface area contributed by atoms with Crippen LogP contribution in [0.1, 0.15) is 5.56 Å². The summed E-state index contributed by atoms with van der Waals surface area (Å²) < 4.78 is 0. The Labute approximate surface area is 144 Å². The van der Waals surface area contributed by atoms with Crippen molar-refractivity contribution in [3.8, 4) is 0 Å². The Bertz CT molecular complexity index is 794. The first-order chi connectivity index (χ1) is 11.6. The largest absolute Gasteiger partial charge is 0.376 e. The van der Waals surface area contributed by atoms with Gasteiger partial charge in [-0.3, -0.25) is 14.9 Å². The lowest BCUT2D eigenvalue weighted by molar-refractivity contribution is -0.385. The summed E-state index contributed by atoms with van der Waals surface area (Å²) in [5, 5.41) is 14.0. The Kier molecular flexibility index (Phi) is 4.71. The van der Waals surface area contributed by atoms with Crippen LogP contribution < -0.4 is 10.2 Å². The summed E-state index contributed by atoms with van der Waals surface area (Å²) in [5.41, 5.74) is 2.12. The van der Waals surface area contributed by atoms with Crippen molar-refractivity contribution in [2.75, 3.05) is 29.1 Å². The summed E-state index contributed by atoms with van der Waals surface area (Å²) in [7, 11) is 0. The van der Waals surface area contributed by atoms with Crippen molar-refractivity contribution in [3.63, 3.8) is 0 Å². The number of nitrogens with zero attached hydrogens (tertiary/aromatic N) is 2. The van der Waals surface area contributed by atoms with Gasteiger partial charge in [0, 0.05) is 34.5 Å². The van der Waals surface area contributed by atoms with Crippen LogP contribution in [0.15, 0.2) is 47.4 Å². The molecule has 1 heterocycles. The zero-order valence-electron chi connectivity index (χ0n) is 13.2. The Hall–Kier alpha value is -2.54. The highest BCUT2D eigenvalue weighted by Gasteiger charge is 2.22. The number of para-hydroxylation sites is 1.